The van der Waals surface area contributed by atoms with Gasteiger partial charge in [0.15, 0.2) is 0 Å². The molecule has 2 atom stereocenters. The van der Waals surface area contributed by atoms with Crippen molar-refractivity contribution in [2.75, 3.05) is 7.05 Å². The molecular weight excluding hydrogens is 325 g/mol. The van der Waals surface area contributed by atoms with Crippen molar-refractivity contribution in [2.24, 2.45) is 5.92 Å². The number of hydrogen-bond acceptors (Lipinski definition) is 3. The van der Waals surface area contributed by atoms with E-state index in [1.54, 1.807) is 13.1 Å². The van der Waals surface area contributed by atoms with Crippen LogP contribution >= 0.6 is 0 Å². The summed E-state index contributed by atoms with van der Waals surface area (Å²) in [5.74, 6) is 0.0322. The number of hydrogen-bond donors (Lipinski definition) is 3. The van der Waals surface area contributed by atoms with Gasteiger partial charge in [-0.1, -0.05) is 6.42 Å². The predicted octanol–water partition coefficient (Wildman–Crippen LogP) is 2.59. The Labute approximate surface area is 145 Å². The van der Waals surface area contributed by atoms with Crippen LogP contribution in [-0.2, 0) is 11.3 Å². The Bertz CT molecular complexity index is 802. The van der Waals surface area contributed by atoms with Crippen molar-refractivity contribution < 1.29 is 18.4 Å². The van der Waals surface area contributed by atoms with Gasteiger partial charge < -0.3 is 20.4 Å². The Morgan fingerprint density at radius 3 is 2.88 bits per heavy atom. The standard InChI is InChI=1S/C18H22FN3O3/c1-10-13-8-11(19)6-7-15(13)25-16(10)9-21-18(24)22-14-5-3-4-12(14)17(23)20-2/h6-8,12,14H,3-5,9H2,1-2H3,(H,20,23)(H2,21,22,24). The molecule has 0 bridgehead atoms. The van der Waals surface area contributed by atoms with Crippen LogP contribution in [0.3, 0.4) is 0 Å². The van der Waals surface area contributed by atoms with Crippen molar-refractivity contribution in [1.82, 2.24) is 16.0 Å². The number of carbonyl (C=O) groups excluding carboxylic acids is 2. The van der Waals surface area contributed by atoms with E-state index in [1.807, 2.05) is 6.92 Å². The van der Waals surface area contributed by atoms with Gasteiger partial charge in [0.1, 0.15) is 17.2 Å². The third-order valence-corrected chi connectivity index (χ3v) is 4.82. The minimum atomic E-state index is -0.341. The largest absolute Gasteiger partial charge is 0.459 e. The highest BCUT2D eigenvalue weighted by molar-refractivity contribution is 5.83. The second-order valence-electron chi connectivity index (χ2n) is 6.38. The van der Waals surface area contributed by atoms with Crippen molar-refractivity contribution in [2.45, 2.75) is 38.8 Å². The molecule has 1 heterocycles. The minimum Gasteiger partial charge on any atom is -0.459 e. The summed E-state index contributed by atoms with van der Waals surface area (Å²) in [4.78, 5) is 24.0. The Morgan fingerprint density at radius 1 is 1.32 bits per heavy atom. The van der Waals surface area contributed by atoms with E-state index in [0.717, 1.165) is 24.8 Å². The van der Waals surface area contributed by atoms with E-state index in [2.05, 4.69) is 16.0 Å². The average molecular weight is 347 g/mol. The third-order valence-electron chi connectivity index (χ3n) is 4.82. The Kier molecular flexibility index (Phi) is 4.92. The lowest BCUT2D eigenvalue weighted by molar-refractivity contribution is -0.124. The van der Waals surface area contributed by atoms with Crippen LogP contribution in [0, 0.1) is 18.7 Å². The van der Waals surface area contributed by atoms with Crippen molar-refractivity contribution in [3.63, 3.8) is 0 Å². The fourth-order valence-corrected chi connectivity index (χ4v) is 3.42. The van der Waals surface area contributed by atoms with E-state index in [4.69, 9.17) is 4.42 Å². The van der Waals surface area contributed by atoms with Gasteiger partial charge >= 0.3 is 6.03 Å². The monoisotopic (exact) mass is 347 g/mol. The van der Waals surface area contributed by atoms with Gasteiger partial charge in [0.2, 0.25) is 5.91 Å². The quantitative estimate of drug-likeness (QED) is 0.795. The van der Waals surface area contributed by atoms with Crippen LogP contribution in [-0.4, -0.2) is 25.0 Å². The zero-order valence-corrected chi connectivity index (χ0v) is 14.3. The predicted molar refractivity (Wildman–Crippen MR) is 91.5 cm³/mol. The van der Waals surface area contributed by atoms with Gasteiger partial charge in [0.25, 0.3) is 0 Å². The van der Waals surface area contributed by atoms with Crippen LogP contribution < -0.4 is 16.0 Å². The minimum absolute atomic E-state index is 0.0436. The summed E-state index contributed by atoms with van der Waals surface area (Å²) in [6, 6.07) is 3.84. The lowest BCUT2D eigenvalue weighted by Gasteiger charge is -2.19. The van der Waals surface area contributed by atoms with E-state index < -0.39 is 0 Å². The normalized spacial score (nSPS) is 19.8. The highest BCUT2D eigenvalue weighted by Crippen LogP contribution is 2.27. The molecule has 1 aromatic carbocycles. The lowest BCUT2D eigenvalue weighted by Crippen LogP contribution is -2.46. The van der Waals surface area contributed by atoms with E-state index in [-0.39, 0.29) is 36.3 Å². The molecule has 1 saturated carbocycles. The molecule has 2 unspecified atom stereocenters. The topological polar surface area (TPSA) is 83.4 Å². The number of rotatable bonds is 4. The first-order valence-electron chi connectivity index (χ1n) is 8.43. The molecule has 0 spiro atoms. The molecule has 2 aromatic rings. The van der Waals surface area contributed by atoms with Crippen molar-refractivity contribution in [3.05, 3.63) is 35.3 Å². The molecule has 0 aliphatic heterocycles. The first kappa shape index (κ1) is 17.3. The summed E-state index contributed by atoms with van der Waals surface area (Å²) < 4.78 is 19.0. The van der Waals surface area contributed by atoms with Gasteiger partial charge in [-0.2, -0.15) is 0 Å². The van der Waals surface area contributed by atoms with E-state index in [0.29, 0.717) is 16.7 Å². The highest BCUT2D eigenvalue weighted by atomic mass is 19.1. The first-order valence-corrected chi connectivity index (χ1v) is 8.43. The molecule has 3 amide bonds. The number of fused-ring (bicyclic) bond motifs is 1. The summed E-state index contributed by atoms with van der Waals surface area (Å²) >= 11 is 0. The Balaban J connectivity index is 1.61. The molecule has 134 valence electrons. The number of furan rings is 1. The molecule has 1 aliphatic rings. The van der Waals surface area contributed by atoms with Gasteiger partial charge in [-0.25, -0.2) is 9.18 Å². The lowest BCUT2D eigenvalue weighted by atomic mass is 10.0. The maximum atomic E-state index is 13.3. The maximum absolute atomic E-state index is 13.3. The fraction of sp³-hybridized carbons (Fsp3) is 0.444. The van der Waals surface area contributed by atoms with Gasteiger partial charge in [-0.15, -0.1) is 0 Å². The number of urea groups is 1. The van der Waals surface area contributed by atoms with Crippen LogP contribution in [0.2, 0.25) is 0 Å². The molecule has 0 saturated heterocycles. The second-order valence-corrected chi connectivity index (χ2v) is 6.38. The van der Waals surface area contributed by atoms with Crippen molar-refractivity contribution >= 4 is 22.9 Å². The first-order chi connectivity index (χ1) is 12.0. The molecule has 1 aromatic heterocycles. The molecular formula is C18H22FN3O3. The second kappa shape index (κ2) is 7.13. The van der Waals surface area contributed by atoms with Gasteiger partial charge in [0, 0.05) is 24.0 Å². The number of amides is 3. The summed E-state index contributed by atoms with van der Waals surface area (Å²) in [5, 5.41) is 8.95. The van der Waals surface area contributed by atoms with Crippen molar-refractivity contribution in [1.29, 1.82) is 0 Å². The van der Waals surface area contributed by atoms with Crippen LogP contribution in [0.1, 0.15) is 30.6 Å². The maximum Gasteiger partial charge on any atom is 0.315 e. The SMILES string of the molecule is CNC(=O)C1CCCC1NC(=O)NCc1oc2ccc(F)cc2c1C. The number of carbonyl (C=O) groups is 2. The number of halogens is 1. The number of aryl methyl sites for hydroxylation is 1. The molecule has 3 N–H and O–H groups in total. The third kappa shape index (κ3) is 3.60. The Hall–Kier alpha value is -2.57. The Morgan fingerprint density at radius 2 is 2.12 bits per heavy atom. The van der Waals surface area contributed by atoms with Gasteiger partial charge in [-0.3, -0.25) is 4.79 Å². The fourth-order valence-electron chi connectivity index (χ4n) is 3.42. The molecule has 1 fully saturated rings. The summed E-state index contributed by atoms with van der Waals surface area (Å²) in [6.45, 7) is 2.03. The molecule has 1 aliphatic carbocycles. The van der Waals surface area contributed by atoms with Crippen molar-refractivity contribution in [3.8, 4) is 0 Å². The van der Waals surface area contributed by atoms with Gasteiger partial charge in [-0.05, 0) is 38.0 Å². The molecule has 3 rings (SSSR count). The van der Waals surface area contributed by atoms with Crippen LogP contribution in [0.5, 0.6) is 0 Å². The summed E-state index contributed by atoms with van der Waals surface area (Å²) in [5.41, 5.74) is 1.39. The van der Waals surface area contributed by atoms with Gasteiger partial charge in [0.05, 0.1) is 12.5 Å². The molecule has 7 heteroatoms. The summed E-state index contributed by atoms with van der Waals surface area (Å²) in [7, 11) is 1.60. The zero-order valence-electron chi connectivity index (χ0n) is 14.3. The zero-order chi connectivity index (χ0) is 18.0. The van der Waals surface area contributed by atoms with Crippen LogP contribution in [0.4, 0.5) is 9.18 Å². The molecule has 0 radical (unpaired) electrons. The smallest absolute Gasteiger partial charge is 0.315 e. The number of nitrogens with one attached hydrogen (secondary N) is 3. The van der Waals surface area contributed by atoms with E-state index in [1.165, 1.54) is 12.1 Å². The average Bonchev–Trinajstić information content (AvgIpc) is 3.17. The molecule has 25 heavy (non-hydrogen) atoms. The summed E-state index contributed by atoms with van der Waals surface area (Å²) in [6.07, 6.45) is 2.48. The van der Waals surface area contributed by atoms with Crippen LogP contribution in [0.15, 0.2) is 22.6 Å². The number of benzene rings is 1. The van der Waals surface area contributed by atoms with E-state index in [9.17, 15) is 14.0 Å². The highest BCUT2D eigenvalue weighted by Gasteiger charge is 2.33. The molecule has 6 nitrogen and oxygen atoms in total. The van der Waals surface area contributed by atoms with E-state index >= 15 is 0 Å². The van der Waals surface area contributed by atoms with Crippen LogP contribution in [0.25, 0.3) is 11.0 Å².